The highest BCUT2D eigenvalue weighted by atomic mass is 79.9. The van der Waals surface area contributed by atoms with Crippen molar-refractivity contribution in [2.75, 3.05) is 25.0 Å². The zero-order valence-electron chi connectivity index (χ0n) is 6.29. The lowest BCUT2D eigenvalue weighted by atomic mass is 10.2. The Morgan fingerprint density at radius 1 is 1.73 bits per heavy atom. The Bertz CT molecular complexity index is 151. The number of alkyl halides is 1. The lowest BCUT2D eigenvalue weighted by molar-refractivity contribution is -0.138. The van der Waals surface area contributed by atoms with Crippen LogP contribution in [-0.2, 0) is 4.79 Å². The van der Waals surface area contributed by atoms with Gasteiger partial charge in [-0.3, -0.25) is 9.69 Å². The van der Waals surface area contributed by atoms with Crippen LogP contribution in [-0.4, -0.2) is 40.9 Å². The lowest BCUT2D eigenvalue weighted by Crippen LogP contribution is -2.27. The number of hydrogen-bond acceptors (Lipinski definition) is 2. The maximum absolute atomic E-state index is 10.3. The molecule has 3 nitrogen and oxygen atoms in total. The Morgan fingerprint density at radius 2 is 2.45 bits per heavy atom. The van der Waals surface area contributed by atoms with E-state index in [0.717, 1.165) is 24.8 Å². The van der Waals surface area contributed by atoms with Gasteiger partial charge < -0.3 is 5.11 Å². The predicted octanol–water partition coefficient (Wildman–Crippen LogP) is 0.788. The van der Waals surface area contributed by atoms with Crippen LogP contribution in [0.1, 0.15) is 6.42 Å². The quantitative estimate of drug-likeness (QED) is 0.717. The molecule has 0 spiro atoms. The first-order valence-corrected chi connectivity index (χ1v) is 4.84. The van der Waals surface area contributed by atoms with Gasteiger partial charge in [-0.1, -0.05) is 15.9 Å². The first-order valence-electron chi connectivity index (χ1n) is 3.72. The van der Waals surface area contributed by atoms with Crippen LogP contribution in [0, 0.1) is 5.92 Å². The summed E-state index contributed by atoms with van der Waals surface area (Å²) in [6.07, 6.45) is 1.12. The van der Waals surface area contributed by atoms with Gasteiger partial charge in [-0.15, -0.1) is 0 Å². The third-order valence-corrected chi connectivity index (χ3v) is 2.86. The van der Waals surface area contributed by atoms with Gasteiger partial charge in [0.05, 0.1) is 6.54 Å². The number of carboxylic acids is 1. The van der Waals surface area contributed by atoms with Crippen molar-refractivity contribution in [3.05, 3.63) is 0 Å². The molecular weight excluding hydrogens is 210 g/mol. The zero-order chi connectivity index (χ0) is 8.27. The number of nitrogens with zero attached hydrogens (tertiary/aromatic N) is 1. The average molecular weight is 222 g/mol. The molecule has 0 aromatic heterocycles. The van der Waals surface area contributed by atoms with Crippen LogP contribution in [0.15, 0.2) is 0 Å². The largest absolute Gasteiger partial charge is 0.480 e. The molecule has 1 saturated heterocycles. The summed E-state index contributed by atoms with van der Waals surface area (Å²) in [6.45, 7) is 2.06. The molecule has 4 heteroatoms. The Balaban J connectivity index is 2.24. The Labute approximate surface area is 74.5 Å². The first-order chi connectivity index (χ1) is 5.22. The van der Waals surface area contributed by atoms with Crippen molar-refractivity contribution in [1.82, 2.24) is 4.90 Å². The van der Waals surface area contributed by atoms with Gasteiger partial charge in [0, 0.05) is 11.9 Å². The topological polar surface area (TPSA) is 40.5 Å². The second kappa shape index (κ2) is 4.07. The minimum atomic E-state index is -0.722. The number of halogens is 1. The van der Waals surface area contributed by atoms with Crippen molar-refractivity contribution in [1.29, 1.82) is 0 Å². The van der Waals surface area contributed by atoms with Crippen LogP contribution < -0.4 is 0 Å². The molecule has 1 aliphatic heterocycles. The number of carbonyl (C=O) groups is 1. The van der Waals surface area contributed by atoms with E-state index in [4.69, 9.17) is 5.11 Å². The molecule has 0 aromatic carbocycles. The average Bonchev–Trinajstić information content (AvgIpc) is 2.34. The fourth-order valence-corrected chi connectivity index (χ4v) is 1.90. The molecule has 1 fully saturated rings. The first kappa shape index (κ1) is 9.00. The smallest absolute Gasteiger partial charge is 0.317 e. The summed E-state index contributed by atoms with van der Waals surface area (Å²) >= 11 is 3.40. The minimum absolute atomic E-state index is 0.198. The van der Waals surface area contributed by atoms with E-state index in [-0.39, 0.29) is 6.54 Å². The summed E-state index contributed by atoms with van der Waals surface area (Å²) in [5.41, 5.74) is 0. The summed E-state index contributed by atoms with van der Waals surface area (Å²) in [5.74, 6) is -0.0745. The van der Waals surface area contributed by atoms with Gasteiger partial charge in [-0.25, -0.2) is 0 Å². The third-order valence-electron chi connectivity index (χ3n) is 1.95. The SMILES string of the molecule is O=C(O)CN1CCC(CBr)C1. The number of rotatable bonds is 3. The standard InChI is InChI=1S/C7H12BrNO2/c8-3-6-1-2-9(4-6)5-7(10)11/h6H,1-5H2,(H,10,11). The highest BCUT2D eigenvalue weighted by molar-refractivity contribution is 9.09. The van der Waals surface area contributed by atoms with Crippen LogP contribution in [0.3, 0.4) is 0 Å². The van der Waals surface area contributed by atoms with E-state index in [1.807, 2.05) is 4.90 Å². The summed E-state index contributed by atoms with van der Waals surface area (Å²) in [6, 6.07) is 0. The summed E-state index contributed by atoms with van der Waals surface area (Å²) in [7, 11) is 0. The van der Waals surface area contributed by atoms with Crippen molar-refractivity contribution in [2.45, 2.75) is 6.42 Å². The van der Waals surface area contributed by atoms with Gasteiger partial charge >= 0.3 is 5.97 Å². The molecule has 1 aliphatic rings. The number of carboxylic acid groups (broad SMARTS) is 1. The number of likely N-dealkylation sites (tertiary alicyclic amines) is 1. The molecule has 11 heavy (non-hydrogen) atoms. The van der Waals surface area contributed by atoms with E-state index in [0.29, 0.717) is 5.92 Å². The van der Waals surface area contributed by atoms with Crippen molar-refractivity contribution in [3.63, 3.8) is 0 Å². The second-order valence-electron chi connectivity index (χ2n) is 2.94. The van der Waals surface area contributed by atoms with E-state index in [2.05, 4.69) is 15.9 Å². The molecule has 1 unspecified atom stereocenters. The molecule has 0 saturated carbocycles. The molecule has 0 bridgehead atoms. The van der Waals surface area contributed by atoms with Gasteiger partial charge in [0.25, 0.3) is 0 Å². The van der Waals surface area contributed by atoms with Gasteiger partial charge in [0.1, 0.15) is 0 Å². The van der Waals surface area contributed by atoms with Crippen LogP contribution in [0.25, 0.3) is 0 Å². The van der Waals surface area contributed by atoms with Crippen LogP contribution in [0.2, 0.25) is 0 Å². The van der Waals surface area contributed by atoms with Crippen molar-refractivity contribution in [2.24, 2.45) is 5.92 Å². The van der Waals surface area contributed by atoms with E-state index in [1.165, 1.54) is 0 Å². The van der Waals surface area contributed by atoms with Gasteiger partial charge in [-0.2, -0.15) is 0 Å². The molecule has 1 heterocycles. The van der Waals surface area contributed by atoms with E-state index in [1.54, 1.807) is 0 Å². The Kier molecular flexibility index (Phi) is 3.33. The molecule has 0 radical (unpaired) electrons. The molecule has 0 amide bonds. The van der Waals surface area contributed by atoms with Crippen LogP contribution >= 0.6 is 15.9 Å². The van der Waals surface area contributed by atoms with Crippen molar-refractivity contribution >= 4 is 21.9 Å². The number of hydrogen-bond donors (Lipinski definition) is 1. The Morgan fingerprint density at radius 3 is 2.91 bits per heavy atom. The van der Waals surface area contributed by atoms with Gasteiger partial charge in [0.15, 0.2) is 0 Å². The molecule has 1 N–H and O–H groups in total. The van der Waals surface area contributed by atoms with E-state index in [9.17, 15) is 4.79 Å². The normalized spacial score (nSPS) is 25.7. The predicted molar refractivity (Wildman–Crippen MR) is 46.0 cm³/mol. The molecule has 64 valence electrons. The molecule has 1 atom stereocenters. The van der Waals surface area contributed by atoms with Crippen molar-refractivity contribution < 1.29 is 9.90 Å². The molecular formula is C7H12BrNO2. The zero-order valence-corrected chi connectivity index (χ0v) is 7.88. The van der Waals surface area contributed by atoms with Crippen molar-refractivity contribution in [3.8, 4) is 0 Å². The molecule has 1 rings (SSSR count). The number of aliphatic carboxylic acids is 1. The Hall–Kier alpha value is -0.0900. The molecule has 0 aliphatic carbocycles. The summed E-state index contributed by atoms with van der Waals surface area (Å²) in [4.78, 5) is 12.3. The monoisotopic (exact) mass is 221 g/mol. The second-order valence-corrected chi connectivity index (χ2v) is 3.59. The van der Waals surface area contributed by atoms with E-state index < -0.39 is 5.97 Å². The van der Waals surface area contributed by atoms with Crippen LogP contribution in [0.5, 0.6) is 0 Å². The highest BCUT2D eigenvalue weighted by Gasteiger charge is 2.22. The van der Waals surface area contributed by atoms with Gasteiger partial charge in [0.2, 0.25) is 0 Å². The fourth-order valence-electron chi connectivity index (χ4n) is 1.37. The molecule has 0 aromatic rings. The van der Waals surface area contributed by atoms with E-state index >= 15 is 0 Å². The fraction of sp³-hybridized carbons (Fsp3) is 0.857. The summed E-state index contributed by atoms with van der Waals surface area (Å²) in [5, 5.41) is 9.47. The lowest BCUT2D eigenvalue weighted by Gasteiger charge is -2.11. The maximum Gasteiger partial charge on any atom is 0.317 e. The minimum Gasteiger partial charge on any atom is -0.480 e. The van der Waals surface area contributed by atoms with Gasteiger partial charge in [-0.05, 0) is 18.9 Å². The highest BCUT2D eigenvalue weighted by Crippen LogP contribution is 2.17. The summed E-state index contributed by atoms with van der Waals surface area (Å²) < 4.78 is 0. The van der Waals surface area contributed by atoms with Crippen LogP contribution in [0.4, 0.5) is 0 Å². The maximum atomic E-state index is 10.3. The third kappa shape index (κ3) is 2.79.